The summed E-state index contributed by atoms with van der Waals surface area (Å²) in [6, 6.07) is 9.80. The summed E-state index contributed by atoms with van der Waals surface area (Å²) in [7, 11) is 4.14. The minimum Gasteiger partial charge on any atom is -0.872 e. The summed E-state index contributed by atoms with van der Waals surface area (Å²) in [4.78, 5) is 31.0. The van der Waals surface area contributed by atoms with Crippen molar-refractivity contribution >= 4 is 35.5 Å². The minimum atomic E-state index is -1.08. The first-order valence-corrected chi connectivity index (χ1v) is 12.2. The zero-order chi connectivity index (χ0) is 29.5. The quantitative estimate of drug-likeness (QED) is 0.203. The number of likely N-dealkylation sites (N-methyl/N-ethyl adjacent to an activating group) is 2. The van der Waals surface area contributed by atoms with Crippen LogP contribution in [-0.4, -0.2) is 78.4 Å². The van der Waals surface area contributed by atoms with E-state index in [1.807, 2.05) is 37.3 Å². The molecule has 0 fully saturated rings. The molecular weight excluding hydrogens is 624 g/mol. The molecule has 0 amide bonds. The van der Waals surface area contributed by atoms with Gasteiger partial charge in [0.15, 0.2) is 0 Å². The predicted molar refractivity (Wildman–Crippen MR) is 148 cm³/mol. The normalized spacial score (nSPS) is 9.40. The Kier molecular flexibility index (Phi) is 31.2. The molecule has 1 heterocycles. The molecule has 0 atom stereocenters. The van der Waals surface area contributed by atoms with Gasteiger partial charge in [0.1, 0.15) is 0 Å². The number of nitrogens with zero attached hydrogens (tertiary/aromatic N) is 5. The maximum atomic E-state index is 12.8. The molecule has 0 unspecified atom stereocenters. The number of aliphatic imine (C=N–C) groups is 1. The fourth-order valence-electron chi connectivity index (χ4n) is 2.91. The molecule has 2 aromatic rings. The van der Waals surface area contributed by atoms with E-state index in [0.717, 1.165) is 56.7 Å². The van der Waals surface area contributed by atoms with Gasteiger partial charge in [-0.1, -0.05) is 48.7 Å². The van der Waals surface area contributed by atoms with Crippen molar-refractivity contribution in [1.82, 2.24) is 14.8 Å². The number of hydrogen-bond acceptors (Lipinski definition) is 10. The first-order chi connectivity index (χ1) is 17.9. The average molecular weight is 661 g/mol. The molecule has 0 aliphatic rings. The van der Waals surface area contributed by atoms with Crippen LogP contribution in [0.3, 0.4) is 0 Å². The molecule has 0 aliphatic heterocycles. The summed E-state index contributed by atoms with van der Waals surface area (Å²) in [5.41, 5.74) is 3.64. The largest absolute Gasteiger partial charge is 2.00 e. The first-order valence-electron chi connectivity index (χ1n) is 11.8. The van der Waals surface area contributed by atoms with Crippen molar-refractivity contribution in [3.8, 4) is 5.75 Å². The second kappa shape index (κ2) is 28.0. The van der Waals surface area contributed by atoms with Gasteiger partial charge in [0.25, 0.3) is 0 Å². The summed E-state index contributed by atoms with van der Waals surface area (Å²) in [5, 5.41) is 39.1. The number of hydrogen-bond donors (Lipinski definition) is 0. The van der Waals surface area contributed by atoms with E-state index in [0.29, 0.717) is 18.7 Å². The Hall–Kier alpha value is -2.51. The third kappa shape index (κ3) is 27.1. The number of isothiocyanates is 1. The Balaban J connectivity index is -0.000000427. The topological polar surface area (TPSA) is 157 Å². The molecule has 1 aromatic heterocycles. The van der Waals surface area contributed by atoms with Gasteiger partial charge in [-0.05, 0) is 64.7 Å². The standard InChI is InChI=1S/C22H32N4O.2C2H4O2.CNS.2Ni/c1-5-26(13-12-25(3)4)17-20-15-18(2)14-19(22(20)27)16-23-11-9-21-8-6-7-10-24-21;2*1-2(3)4;2-1-3;;/h6-8,10,14-16,27H,5,9,11-13,17H2,1-4H3;2*1H3,(H,3,4);;;/q;;;-1;2*+2/p-3. The van der Waals surface area contributed by atoms with E-state index in [1.165, 1.54) is 5.16 Å². The number of carboxylic acids is 2. The number of carboxylic acid groups (broad SMARTS) is 2. The van der Waals surface area contributed by atoms with Crippen LogP contribution in [0, 0.1) is 6.92 Å². The van der Waals surface area contributed by atoms with Crippen molar-refractivity contribution < 1.29 is 57.9 Å². The number of carbonyl (C=O) groups excluding carboxylic acids is 2. The van der Waals surface area contributed by atoms with Gasteiger partial charge in [0, 0.05) is 62.6 Å². The number of thiocarbonyl (C=S) groups is 1. The Bertz CT molecular complexity index is 1000. The second-order valence-electron chi connectivity index (χ2n) is 8.20. The third-order valence-electron chi connectivity index (χ3n) is 4.50. The molecule has 0 radical (unpaired) electrons. The van der Waals surface area contributed by atoms with Crippen molar-refractivity contribution in [2.24, 2.45) is 4.99 Å². The Morgan fingerprint density at radius 1 is 1.12 bits per heavy atom. The molecule has 1 aromatic carbocycles. The van der Waals surface area contributed by atoms with Crippen LogP contribution in [0.1, 0.15) is 43.2 Å². The summed E-state index contributed by atoms with van der Waals surface area (Å²) in [6.07, 6.45) is 4.29. The van der Waals surface area contributed by atoms with E-state index in [2.05, 4.69) is 53.0 Å². The van der Waals surface area contributed by atoms with Gasteiger partial charge < -0.3 is 35.2 Å². The molecular formula is C27H37N5Ni2O5S. The van der Waals surface area contributed by atoms with E-state index in [-0.39, 0.29) is 38.7 Å². The van der Waals surface area contributed by atoms with Crippen LogP contribution in [0.4, 0.5) is 0 Å². The maximum absolute atomic E-state index is 12.8. The zero-order valence-corrected chi connectivity index (χ0v) is 26.4. The van der Waals surface area contributed by atoms with Crippen LogP contribution in [-0.2, 0) is 55.5 Å². The van der Waals surface area contributed by atoms with Crippen LogP contribution in [0.2, 0.25) is 0 Å². The number of pyridine rings is 1. The van der Waals surface area contributed by atoms with Crippen LogP contribution >= 0.6 is 12.2 Å². The smallest absolute Gasteiger partial charge is 0.872 e. The molecule has 0 aliphatic carbocycles. The molecule has 0 saturated heterocycles. The number of aliphatic carboxylic acids is 2. The number of carbonyl (C=O) groups is 2. The van der Waals surface area contributed by atoms with E-state index in [1.54, 1.807) is 12.4 Å². The fraction of sp³-hybridized carbons (Fsp3) is 0.444. The van der Waals surface area contributed by atoms with E-state index >= 15 is 0 Å². The van der Waals surface area contributed by atoms with Crippen LogP contribution in [0.5, 0.6) is 5.75 Å². The van der Waals surface area contributed by atoms with Gasteiger partial charge in [0.2, 0.25) is 0 Å². The third-order valence-corrected chi connectivity index (χ3v) is 4.50. The van der Waals surface area contributed by atoms with Gasteiger partial charge in [0.05, 0.1) is 0 Å². The van der Waals surface area contributed by atoms with Crippen molar-refractivity contribution in [1.29, 1.82) is 0 Å². The molecule has 0 saturated carbocycles. The average Bonchev–Trinajstić information content (AvgIpc) is 2.82. The molecule has 0 spiro atoms. The summed E-state index contributed by atoms with van der Waals surface area (Å²) >= 11 is 3.70. The Morgan fingerprint density at radius 3 is 2.12 bits per heavy atom. The number of benzene rings is 1. The zero-order valence-electron chi connectivity index (χ0n) is 23.6. The summed E-state index contributed by atoms with van der Waals surface area (Å²) in [6.45, 7) is 10.3. The SMILES string of the molecule is CC(=O)[O-].CC(=O)[O-].CCN(CCN(C)C)Cc1cc(C)cc(C=NCCc2ccccn2)c1[O-].[N-]=C=S.[Ni+2].[Ni+2]. The Morgan fingerprint density at radius 2 is 1.68 bits per heavy atom. The predicted octanol–water partition coefficient (Wildman–Crippen LogP) is 0.675. The van der Waals surface area contributed by atoms with Crippen molar-refractivity contribution in [2.75, 3.05) is 40.3 Å². The van der Waals surface area contributed by atoms with Gasteiger partial charge in [-0.2, -0.15) is 5.16 Å². The molecule has 0 N–H and O–H groups in total. The number of aromatic nitrogens is 1. The molecule has 226 valence electrons. The number of aryl methyl sites for hydroxylation is 1. The molecule has 13 heteroatoms. The van der Waals surface area contributed by atoms with Gasteiger partial charge >= 0.3 is 33.0 Å². The van der Waals surface area contributed by atoms with E-state index in [4.69, 9.17) is 25.2 Å². The van der Waals surface area contributed by atoms with Crippen molar-refractivity contribution in [3.63, 3.8) is 0 Å². The van der Waals surface area contributed by atoms with Crippen LogP contribution in [0.25, 0.3) is 5.41 Å². The van der Waals surface area contributed by atoms with Crippen LogP contribution < -0.4 is 15.3 Å². The van der Waals surface area contributed by atoms with Crippen molar-refractivity contribution in [3.05, 3.63) is 64.3 Å². The van der Waals surface area contributed by atoms with Crippen LogP contribution in [0.15, 0.2) is 41.5 Å². The van der Waals surface area contributed by atoms with E-state index < -0.39 is 11.9 Å². The summed E-state index contributed by atoms with van der Waals surface area (Å²) in [5.74, 6) is -2.08. The van der Waals surface area contributed by atoms with Crippen molar-refractivity contribution in [2.45, 2.75) is 40.7 Å². The molecule has 40 heavy (non-hydrogen) atoms. The molecule has 2 rings (SSSR count). The van der Waals surface area contributed by atoms with E-state index in [9.17, 15) is 5.11 Å². The maximum Gasteiger partial charge on any atom is 2.00 e. The molecule has 10 nitrogen and oxygen atoms in total. The second-order valence-corrected chi connectivity index (χ2v) is 8.38. The fourth-order valence-corrected chi connectivity index (χ4v) is 2.91. The van der Waals surface area contributed by atoms with Gasteiger partial charge in [-0.25, -0.2) is 0 Å². The Labute approximate surface area is 263 Å². The first kappa shape index (κ1) is 44.5. The summed E-state index contributed by atoms with van der Waals surface area (Å²) < 4.78 is 0. The van der Waals surface area contributed by atoms with Gasteiger partial charge in [-0.15, -0.1) is 0 Å². The monoisotopic (exact) mass is 659 g/mol. The molecule has 0 bridgehead atoms. The van der Waals surface area contributed by atoms with Gasteiger partial charge in [-0.3, -0.25) is 14.9 Å². The minimum absolute atomic E-state index is 0. The number of rotatable bonds is 10.